The Labute approximate surface area is 158 Å². The number of carbonyl (C=O) groups is 2. The molecule has 1 unspecified atom stereocenters. The fourth-order valence-corrected chi connectivity index (χ4v) is 3.30. The molecule has 0 aliphatic rings. The molecule has 26 heavy (non-hydrogen) atoms. The van der Waals surface area contributed by atoms with Gasteiger partial charge < -0.3 is 10.1 Å². The summed E-state index contributed by atoms with van der Waals surface area (Å²) in [7, 11) is 0. The van der Waals surface area contributed by atoms with Gasteiger partial charge in [-0.05, 0) is 19.3 Å². The molecule has 140 valence electrons. The molecule has 0 saturated heterocycles. The molecule has 6 heteroatoms. The number of hydrogen-bond acceptors (Lipinski definition) is 5. The zero-order valence-electron chi connectivity index (χ0n) is 15.5. The molecule has 0 aliphatic heterocycles. The summed E-state index contributed by atoms with van der Waals surface area (Å²) < 4.78 is 5.08. The van der Waals surface area contributed by atoms with Crippen molar-refractivity contribution in [1.29, 1.82) is 0 Å². The quantitative estimate of drug-likeness (QED) is 0.665. The van der Waals surface area contributed by atoms with Gasteiger partial charge >= 0.3 is 5.97 Å². The maximum Gasteiger partial charge on any atom is 0.358 e. The largest absolute Gasteiger partial charge is 0.451 e. The van der Waals surface area contributed by atoms with Crippen molar-refractivity contribution in [2.45, 2.75) is 46.1 Å². The van der Waals surface area contributed by atoms with E-state index in [0.717, 1.165) is 29.8 Å². The zero-order valence-corrected chi connectivity index (χ0v) is 16.3. The fraction of sp³-hybridized carbons (Fsp3) is 0.450. The van der Waals surface area contributed by atoms with Crippen LogP contribution in [-0.4, -0.2) is 29.5 Å². The van der Waals surface area contributed by atoms with Crippen LogP contribution in [0.15, 0.2) is 35.7 Å². The van der Waals surface area contributed by atoms with E-state index in [4.69, 9.17) is 4.74 Å². The first-order valence-corrected chi connectivity index (χ1v) is 9.81. The predicted octanol–water partition coefficient (Wildman–Crippen LogP) is 4.30. The third-order valence-corrected chi connectivity index (χ3v) is 4.79. The molecule has 1 amide bonds. The highest BCUT2D eigenvalue weighted by molar-refractivity contribution is 7.13. The second-order valence-corrected chi connectivity index (χ2v) is 7.63. The molecule has 0 radical (unpaired) electrons. The van der Waals surface area contributed by atoms with Crippen LogP contribution < -0.4 is 5.32 Å². The molecule has 1 atom stereocenters. The lowest BCUT2D eigenvalue weighted by molar-refractivity contribution is -0.124. The van der Waals surface area contributed by atoms with Crippen LogP contribution in [0.25, 0.3) is 10.6 Å². The number of thiazole rings is 1. The number of aromatic nitrogens is 1. The molecule has 1 aromatic heterocycles. The van der Waals surface area contributed by atoms with E-state index in [0.29, 0.717) is 5.92 Å². The van der Waals surface area contributed by atoms with E-state index in [-0.39, 0.29) is 24.2 Å². The van der Waals surface area contributed by atoms with Crippen LogP contribution in [0.2, 0.25) is 0 Å². The van der Waals surface area contributed by atoms with Gasteiger partial charge in [-0.3, -0.25) is 4.79 Å². The van der Waals surface area contributed by atoms with Crippen molar-refractivity contribution in [2.24, 2.45) is 5.92 Å². The van der Waals surface area contributed by atoms with Gasteiger partial charge in [0.1, 0.15) is 5.01 Å². The summed E-state index contributed by atoms with van der Waals surface area (Å²) in [5.41, 5.74) is 1.18. The summed E-state index contributed by atoms with van der Waals surface area (Å²) in [6.07, 6.45) is 3.13. The van der Waals surface area contributed by atoms with Gasteiger partial charge in [0.05, 0.1) is 0 Å². The molecule has 0 aliphatic carbocycles. The number of nitrogens with zero attached hydrogens (tertiary/aromatic N) is 1. The molecule has 0 spiro atoms. The number of ether oxygens (including phenoxy) is 1. The number of rotatable bonds is 9. The van der Waals surface area contributed by atoms with Gasteiger partial charge in [-0.15, -0.1) is 11.3 Å². The summed E-state index contributed by atoms with van der Waals surface area (Å²) in [6, 6.07) is 9.70. The predicted molar refractivity (Wildman–Crippen MR) is 104 cm³/mol. The molecule has 0 saturated carbocycles. The monoisotopic (exact) mass is 374 g/mol. The summed E-state index contributed by atoms with van der Waals surface area (Å²) in [4.78, 5) is 28.3. The average Bonchev–Trinajstić information content (AvgIpc) is 3.10. The molecule has 1 heterocycles. The molecule has 1 aromatic carbocycles. The molecule has 2 rings (SSSR count). The molecular weight excluding hydrogens is 348 g/mol. The van der Waals surface area contributed by atoms with E-state index >= 15 is 0 Å². The highest BCUT2D eigenvalue weighted by Crippen LogP contribution is 2.23. The van der Waals surface area contributed by atoms with E-state index in [1.807, 2.05) is 37.3 Å². The molecule has 1 N–H and O–H groups in total. The standard InChI is InChI=1S/C20H26N2O3S/c1-14(2)8-7-9-15(3)21-18(23)12-25-20(24)17-13-26-19(22-17)16-10-5-4-6-11-16/h4-6,10-11,13-15H,7-9,12H2,1-3H3,(H,21,23). The van der Waals surface area contributed by atoms with Crippen molar-refractivity contribution in [3.63, 3.8) is 0 Å². The lowest BCUT2D eigenvalue weighted by atomic mass is 10.0. The van der Waals surface area contributed by atoms with Crippen molar-refractivity contribution in [3.05, 3.63) is 41.4 Å². The second-order valence-electron chi connectivity index (χ2n) is 6.77. The lowest BCUT2D eigenvalue weighted by Crippen LogP contribution is -2.35. The summed E-state index contributed by atoms with van der Waals surface area (Å²) in [5.74, 6) is -0.197. The smallest absolute Gasteiger partial charge is 0.358 e. The number of amides is 1. The minimum atomic E-state index is -0.578. The minimum Gasteiger partial charge on any atom is -0.451 e. The SMILES string of the molecule is CC(C)CCCC(C)NC(=O)COC(=O)c1csc(-c2ccccc2)n1. The van der Waals surface area contributed by atoms with Crippen LogP contribution in [0.5, 0.6) is 0 Å². The first-order valence-electron chi connectivity index (χ1n) is 8.93. The first kappa shape index (κ1) is 20.1. The van der Waals surface area contributed by atoms with Crippen LogP contribution >= 0.6 is 11.3 Å². The number of nitrogens with one attached hydrogen (secondary N) is 1. The van der Waals surface area contributed by atoms with Crippen LogP contribution in [0.3, 0.4) is 0 Å². The Balaban J connectivity index is 1.76. The topological polar surface area (TPSA) is 68.3 Å². The van der Waals surface area contributed by atoms with Gasteiger partial charge in [0.15, 0.2) is 12.3 Å². The van der Waals surface area contributed by atoms with E-state index in [2.05, 4.69) is 24.1 Å². The van der Waals surface area contributed by atoms with Gasteiger partial charge in [0, 0.05) is 17.0 Å². The van der Waals surface area contributed by atoms with E-state index in [9.17, 15) is 9.59 Å². The fourth-order valence-electron chi connectivity index (χ4n) is 2.51. The van der Waals surface area contributed by atoms with Crippen molar-refractivity contribution < 1.29 is 14.3 Å². The lowest BCUT2D eigenvalue weighted by Gasteiger charge is -2.14. The summed E-state index contributed by atoms with van der Waals surface area (Å²) >= 11 is 1.37. The Hall–Kier alpha value is -2.21. The molecule has 0 bridgehead atoms. The summed E-state index contributed by atoms with van der Waals surface area (Å²) in [6.45, 7) is 6.05. The Morgan fingerprint density at radius 3 is 2.58 bits per heavy atom. The Morgan fingerprint density at radius 1 is 1.15 bits per heavy atom. The number of benzene rings is 1. The van der Waals surface area contributed by atoms with Crippen LogP contribution in [0.4, 0.5) is 0 Å². The third kappa shape index (κ3) is 6.59. The maximum atomic E-state index is 12.1. The van der Waals surface area contributed by atoms with Crippen LogP contribution in [-0.2, 0) is 9.53 Å². The minimum absolute atomic E-state index is 0.0731. The number of esters is 1. The molecule has 0 fully saturated rings. The van der Waals surface area contributed by atoms with Crippen molar-refractivity contribution in [3.8, 4) is 10.6 Å². The highest BCUT2D eigenvalue weighted by Gasteiger charge is 2.15. The first-order chi connectivity index (χ1) is 12.5. The van der Waals surface area contributed by atoms with Crippen LogP contribution in [0, 0.1) is 5.92 Å². The number of carbonyl (C=O) groups excluding carboxylic acids is 2. The zero-order chi connectivity index (χ0) is 18.9. The Morgan fingerprint density at radius 2 is 1.88 bits per heavy atom. The normalized spacial score (nSPS) is 12.0. The molecule has 2 aromatic rings. The molecule has 5 nitrogen and oxygen atoms in total. The Kier molecular flexibility index (Phi) is 7.78. The maximum absolute atomic E-state index is 12.1. The average molecular weight is 375 g/mol. The van der Waals surface area contributed by atoms with Crippen molar-refractivity contribution in [2.75, 3.05) is 6.61 Å². The summed E-state index contributed by atoms with van der Waals surface area (Å²) in [5, 5.41) is 5.26. The van der Waals surface area contributed by atoms with Crippen molar-refractivity contribution in [1.82, 2.24) is 10.3 Å². The van der Waals surface area contributed by atoms with E-state index < -0.39 is 5.97 Å². The third-order valence-electron chi connectivity index (χ3n) is 3.89. The number of hydrogen-bond donors (Lipinski definition) is 1. The van der Waals surface area contributed by atoms with Gasteiger partial charge in [0.2, 0.25) is 0 Å². The molecular formula is C20H26N2O3S. The van der Waals surface area contributed by atoms with Gasteiger partial charge in [-0.1, -0.05) is 57.0 Å². The van der Waals surface area contributed by atoms with Gasteiger partial charge in [-0.2, -0.15) is 0 Å². The van der Waals surface area contributed by atoms with Gasteiger partial charge in [0.25, 0.3) is 5.91 Å². The van der Waals surface area contributed by atoms with E-state index in [1.165, 1.54) is 11.3 Å². The highest BCUT2D eigenvalue weighted by atomic mass is 32.1. The second kappa shape index (κ2) is 10.1. The van der Waals surface area contributed by atoms with Crippen LogP contribution in [0.1, 0.15) is 50.5 Å². The van der Waals surface area contributed by atoms with Gasteiger partial charge in [-0.25, -0.2) is 9.78 Å². The van der Waals surface area contributed by atoms with E-state index in [1.54, 1.807) is 5.38 Å². The Bertz CT molecular complexity index is 713. The van der Waals surface area contributed by atoms with Crippen molar-refractivity contribution >= 4 is 23.2 Å².